The number of hydrazone groups is 1. The van der Waals surface area contributed by atoms with Crippen molar-refractivity contribution in [3.05, 3.63) is 12.2 Å². The maximum atomic E-state index is 13.6. The number of thioether (sulfide) groups is 1. The van der Waals surface area contributed by atoms with Gasteiger partial charge in [-0.15, -0.1) is 0 Å². The van der Waals surface area contributed by atoms with Crippen molar-refractivity contribution >= 4 is 17.5 Å². The van der Waals surface area contributed by atoms with Crippen LogP contribution in [-0.2, 0) is 4.74 Å². The molecule has 1 fully saturated rings. The molecule has 0 aliphatic carbocycles. The molecule has 1 rings (SSSR count). The molecule has 1 saturated heterocycles. The molecule has 0 spiro atoms. The number of unbranched alkanes of at least 4 members (excludes halogenated alkanes) is 8. The van der Waals surface area contributed by atoms with Crippen molar-refractivity contribution in [1.82, 2.24) is 5.01 Å². The maximum Gasteiger partial charge on any atom is 0.432 e. The number of hydrogen-bond acceptors (Lipinski definition) is 4. The summed E-state index contributed by atoms with van der Waals surface area (Å²) in [5.74, 6) is 0.748. The molecule has 31 heavy (non-hydrogen) atoms. The summed E-state index contributed by atoms with van der Waals surface area (Å²) < 4.78 is 45.9. The first-order chi connectivity index (χ1) is 14.9. The third-order valence-corrected chi connectivity index (χ3v) is 6.89. The number of nitrogens with zero attached hydrogens (tertiary/aromatic N) is 2. The van der Waals surface area contributed by atoms with Crippen molar-refractivity contribution in [2.24, 2.45) is 5.10 Å². The molecule has 182 valence electrons. The highest BCUT2D eigenvalue weighted by molar-refractivity contribution is 8.00. The molecule has 1 aliphatic heterocycles. The van der Waals surface area contributed by atoms with Crippen LogP contribution in [0.15, 0.2) is 17.3 Å². The highest BCUT2D eigenvalue weighted by Gasteiger charge is 2.41. The van der Waals surface area contributed by atoms with E-state index in [0.717, 1.165) is 31.4 Å². The molecule has 7 heteroatoms. The van der Waals surface area contributed by atoms with Crippen LogP contribution in [0.2, 0.25) is 0 Å². The van der Waals surface area contributed by atoms with E-state index in [-0.39, 0.29) is 6.04 Å². The third-order valence-electron chi connectivity index (χ3n) is 5.64. The van der Waals surface area contributed by atoms with Crippen molar-refractivity contribution < 1.29 is 17.9 Å². The molecule has 0 radical (unpaired) electrons. The topological polar surface area (TPSA) is 24.8 Å². The van der Waals surface area contributed by atoms with E-state index in [0.29, 0.717) is 13.2 Å². The van der Waals surface area contributed by atoms with Crippen LogP contribution in [0.1, 0.15) is 90.9 Å². The van der Waals surface area contributed by atoms with Crippen LogP contribution >= 0.6 is 11.8 Å². The van der Waals surface area contributed by atoms with Crippen LogP contribution in [-0.4, -0.2) is 54.2 Å². The fourth-order valence-corrected chi connectivity index (χ4v) is 4.85. The molecule has 0 aromatic rings. The van der Waals surface area contributed by atoms with Gasteiger partial charge in [0.15, 0.2) is 5.71 Å². The molecule has 0 aromatic carbocycles. The molecule has 0 N–H and O–H groups in total. The summed E-state index contributed by atoms with van der Waals surface area (Å²) in [6, 6.07) is -0.0496. The van der Waals surface area contributed by atoms with E-state index >= 15 is 0 Å². The number of hydrogen-bond donors (Lipinski definition) is 0. The molecule has 1 aliphatic rings. The van der Waals surface area contributed by atoms with Crippen LogP contribution in [0.5, 0.6) is 0 Å². The predicted molar refractivity (Wildman–Crippen MR) is 128 cm³/mol. The van der Waals surface area contributed by atoms with Gasteiger partial charge in [-0.05, 0) is 51.2 Å². The molecule has 2 atom stereocenters. The molecule has 3 nitrogen and oxygen atoms in total. The van der Waals surface area contributed by atoms with Crippen LogP contribution < -0.4 is 0 Å². The number of ether oxygens (including phenoxy) is 1. The number of allylic oxidation sites excluding steroid dienone is 2. The summed E-state index contributed by atoms with van der Waals surface area (Å²) >= 11 is 1.37. The Hall–Kier alpha value is -0.690. The smallest absolute Gasteiger partial charge is 0.382 e. The number of halogens is 3. The van der Waals surface area contributed by atoms with Crippen molar-refractivity contribution in [3.8, 4) is 0 Å². The molecular weight excluding hydrogens is 421 g/mol. The number of alkyl halides is 3. The van der Waals surface area contributed by atoms with E-state index in [1.807, 2.05) is 0 Å². The highest BCUT2D eigenvalue weighted by Crippen LogP contribution is 2.29. The van der Waals surface area contributed by atoms with Gasteiger partial charge in [-0.25, -0.2) is 0 Å². The number of methoxy groups -OCH3 is 1. The quantitative estimate of drug-likeness (QED) is 0.126. The summed E-state index contributed by atoms with van der Waals surface area (Å²) in [6.45, 7) is 4.83. The molecule has 0 aromatic heterocycles. The van der Waals surface area contributed by atoms with E-state index in [4.69, 9.17) is 4.74 Å². The van der Waals surface area contributed by atoms with Crippen molar-refractivity contribution in [3.63, 3.8) is 0 Å². The van der Waals surface area contributed by atoms with Crippen LogP contribution in [0.3, 0.4) is 0 Å². The average Bonchev–Trinajstić information content (AvgIpc) is 3.16. The van der Waals surface area contributed by atoms with Gasteiger partial charge in [0.1, 0.15) is 0 Å². The van der Waals surface area contributed by atoms with E-state index in [2.05, 4.69) is 24.2 Å². The van der Waals surface area contributed by atoms with Gasteiger partial charge in [0.2, 0.25) is 0 Å². The van der Waals surface area contributed by atoms with Gasteiger partial charge >= 0.3 is 6.18 Å². The Labute approximate surface area is 192 Å². The Morgan fingerprint density at radius 3 is 2.39 bits per heavy atom. The number of rotatable bonds is 17. The largest absolute Gasteiger partial charge is 0.432 e. The fraction of sp³-hybridized carbons (Fsp3) is 0.875. The van der Waals surface area contributed by atoms with E-state index in [1.165, 1.54) is 63.1 Å². The van der Waals surface area contributed by atoms with E-state index < -0.39 is 17.1 Å². The van der Waals surface area contributed by atoms with Gasteiger partial charge in [-0.1, -0.05) is 57.6 Å². The monoisotopic (exact) mass is 464 g/mol. The minimum absolute atomic E-state index is 0.0496. The lowest BCUT2D eigenvalue weighted by Crippen LogP contribution is -2.37. The van der Waals surface area contributed by atoms with Crippen molar-refractivity contribution in [2.45, 2.75) is 108 Å². The molecule has 0 unspecified atom stereocenters. The summed E-state index contributed by atoms with van der Waals surface area (Å²) in [4.78, 5) is 0. The second kappa shape index (κ2) is 16.9. The second-order valence-corrected chi connectivity index (χ2v) is 9.88. The SMILES string of the molecule is CCCC/C=C\CCCCCCCCS[C@H](C)/C(=N/N1CCC[C@H]1COC)C(F)(F)F. The Morgan fingerprint density at radius 1 is 1.10 bits per heavy atom. The van der Waals surface area contributed by atoms with Gasteiger partial charge in [-0.3, -0.25) is 5.01 Å². The molecule has 1 heterocycles. The zero-order valence-corrected chi connectivity index (χ0v) is 20.6. The predicted octanol–water partition coefficient (Wildman–Crippen LogP) is 7.61. The van der Waals surface area contributed by atoms with Gasteiger partial charge in [0.25, 0.3) is 0 Å². The zero-order chi connectivity index (χ0) is 23.0. The lowest BCUT2D eigenvalue weighted by molar-refractivity contribution is -0.0618. The Bertz CT molecular complexity index is 512. The van der Waals surface area contributed by atoms with Crippen molar-refractivity contribution in [2.75, 3.05) is 26.0 Å². The zero-order valence-electron chi connectivity index (χ0n) is 19.8. The summed E-state index contributed by atoms with van der Waals surface area (Å²) in [6.07, 6.45) is 13.7. The summed E-state index contributed by atoms with van der Waals surface area (Å²) in [5, 5.41) is 4.98. The first-order valence-corrected chi connectivity index (χ1v) is 13.1. The lowest BCUT2D eigenvalue weighted by atomic mass is 10.1. The van der Waals surface area contributed by atoms with Gasteiger partial charge in [-0.2, -0.15) is 30.0 Å². The summed E-state index contributed by atoms with van der Waals surface area (Å²) in [5.41, 5.74) is -0.660. The first-order valence-electron chi connectivity index (χ1n) is 12.1. The Balaban J connectivity index is 2.24. The van der Waals surface area contributed by atoms with E-state index in [1.54, 1.807) is 19.0 Å². The lowest BCUT2D eigenvalue weighted by Gasteiger charge is -2.25. The normalized spacial score (nSPS) is 19.0. The highest BCUT2D eigenvalue weighted by atomic mass is 32.2. The minimum Gasteiger partial charge on any atom is -0.382 e. The molecule has 0 amide bonds. The third kappa shape index (κ3) is 12.8. The summed E-state index contributed by atoms with van der Waals surface area (Å²) in [7, 11) is 1.58. The second-order valence-electron chi connectivity index (χ2n) is 8.43. The van der Waals surface area contributed by atoms with Gasteiger partial charge < -0.3 is 4.74 Å². The van der Waals surface area contributed by atoms with Crippen LogP contribution in [0.25, 0.3) is 0 Å². The molecule has 0 bridgehead atoms. The van der Waals surface area contributed by atoms with Gasteiger partial charge in [0.05, 0.1) is 17.9 Å². The van der Waals surface area contributed by atoms with E-state index in [9.17, 15) is 13.2 Å². The van der Waals surface area contributed by atoms with Crippen LogP contribution in [0.4, 0.5) is 13.2 Å². The maximum absolute atomic E-state index is 13.6. The van der Waals surface area contributed by atoms with Gasteiger partial charge in [0, 0.05) is 13.7 Å². The van der Waals surface area contributed by atoms with Crippen molar-refractivity contribution in [1.29, 1.82) is 0 Å². The molecule has 0 saturated carbocycles. The average molecular weight is 465 g/mol. The Morgan fingerprint density at radius 2 is 1.74 bits per heavy atom. The van der Waals surface area contributed by atoms with Crippen LogP contribution in [0, 0.1) is 0 Å². The molecular formula is C24H43F3N2OS. The first kappa shape index (κ1) is 28.3. The Kier molecular flexibility index (Phi) is 15.4. The fourth-order valence-electron chi connectivity index (χ4n) is 3.79. The standard InChI is InChI=1S/C24H43F3N2OS/c1-4-5-6-7-8-9-10-11-12-13-14-15-19-31-21(2)23(24(25,26)27)28-29-18-16-17-22(29)20-30-3/h7-8,21-22H,4-6,9-20H2,1-3H3/b8-7-,28-23-/t21-,22+/m1/s1. The minimum atomic E-state index is -4.39.